The van der Waals surface area contributed by atoms with E-state index in [4.69, 9.17) is 0 Å². The lowest BCUT2D eigenvalue weighted by atomic mass is 9.91. The number of nitriles is 1. The predicted octanol–water partition coefficient (Wildman–Crippen LogP) is 5.22. The average molecular weight is 332 g/mol. The molecule has 4 rings (SSSR count). The first kappa shape index (κ1) is 15.8. The Balaban J connectivity index is 1.87. The summed E-state index contributed by atoms with van der Waals surface area (Å²) < 4.78 is 0. The van der Waals surface area contributed by atoms with Gasteiger partial charge in [-0.25, -0.2) is 0 Å². The lowest BCUT2D eigenvalue weighted by Gasteiger charge is -2.11. The van der Waals surface area contributed by atoms with E-state index < -0.39 is 0 Å². The summed E-state index contributed by atoms with van der Waals surface area (Å²) in [4.78, 5) is 3.31. The summed E-state index contributed by atoms with van der Waals surface area (Å²) in [7, 11) is 0. The highest BCUT2D eigenvalue weighted by molar-refractivity contribution is 5.86. The molecule has 0 fully saturated rings. The van der Waals surface area contributed by atoms with Crippen LogP contribution in [0, 0.1) is 23.2 Å². The van der Waals surface area contributed by atoms with E-state index in [1.807, 2.05) is 72.9 Å². The van der Waals surface area contributed by atoms with E-state index in [0.717, 1.165) is 27.6 Å². The van der Waals surface area contributed by atoms with Crippen molar-refractivity contribution >= 4 is 10.9 Å². The smallest absolute Gasteiger partial charge is 0.0991 e. The van der Waals surface area contributed by atoms with Gasteiger partial charge in [0.1, 0.15) is 0 Å². The summed E-state index contributed by atoms with van der Waals surface area (Å²) >= 11 is 0. The van der Waals surface area contributed by atoms with E-state index in [-0.39, 0.29) is 5.92 Å². The maximum Gasteiger partial charge on any atom is 0.0991 e. The van der Waals surface area contributed by atoms with Crippen molar-refractivity contribution in [2.24, 2.45) is 0 Å². The van der Waals surface area contributed by atoms with E-state index in [2.05, 4.69) is 35.0 Å². The minimum absolute atomic E-state index is 0.0703. The summed E-state index contributed by atoms with van der Waals surface area (Å²) in [5.41, 5.74) is 4.89. The SMILES string of the molecule is N#Cc1ccc2[nH]cc(C(C#Cc3ccccc3)c3ccccc3)c2c1. The Kier molecular flexibility index (Phi) is 4.25. The Hall–Kier alpha value is -3.75. The molecular weight excluding hydrogens is 316 g/mol. The maximum absolute atomic E-state index is 9.24. The van der Waals surface area contributed by atoms with Gasteiger partial charge >= 0.3 is 0 Å². The van der Waals surface area contributed by atoms with Crippen molar-refractivity contribution < 1.29 is 0 Å². The van der Waals surface area contributed by atoms with Crippen LogP contribution < -0.4 is 0 Å². The number of rotatable bonds is 2. The molecule has 0 spiro atoms. The van der Waals surface area contributed by atoms with Crippen LogP contribution in [-0.2, 0) is 0 Å². The molecule has 1 N–H and O–H groups in total. The molecular formula is C24H16N2. The van der Waals surface area contributed by atoms with Crippen LogP contribution in [0.4, 0.5) is 0 Å². The molecule has 122 valence electrons. The zero-order chi connectivity index (χ0) is 17.8. The molecule has 0 bridgehead atoms. The first-order valence-corrected chi connectivity index (χ1v) is 8.48. The van der Waals surface area contributed by atoms with Crippen LogP contribution in [0.1, 0.15) is 28.2 Å². The van der Waals surface area contributed by atoms with Gasteiger partial charge in [-0.1, -0.05) is 60.4 Å². The Morgan fingerprint density at radius 3 is 2.27 bits per heavy atom. The molecule has 0 radical (unpaired) electrons. The van der Waals surface area contributed by atoms with Crippen LogP contribution in [-0.4, -0.2) is 4.98 Å². The second-order valence-electron chi connectivity index (χ2n) is 6.10. The van der Waals surface area contributed by atoms with Crippen LogP contribution >= 0.6 is 0 Å². The van der Waals surface area contributed by atoms with Crippen molar-refractivity contribution in [2.75, 3.05) is 0 Å². The quantitative estimate of drug-likeness (QED) is 0.502. The zero-order valence-corrected chi connectivity index (χ0v) is 14.1. The van der Waals surface area contributed by atoms with Crippen molar-refractivity contribution in [3.8, 4) is 17.9 Å². The number of aromatic nitrogens is 1. The van der Waals surface area contributed by atoms with E-state index in [9.17, 15) is 5.26 Å². The molecule has 0 amide bonds. The summed E-state index contributed by atoms with van der Waals surface area (Å²) in [6.45, 7) is 0. The van der Waals surface area contributed by atoms with Gasteiger partial charge in [0, 0.05) is 22.7 Å². The van der Waals surface area contributed by atoms with Crippen LogP contribution in [0.25, 0.3) is 10.9 Å². The van der Waals surface area contributed by atoms with Gasteiger partial charge < -0.3 is 4.98 Å². The van der Waals surface area contributed by atoms with Gasteiger partial charge in [0.05, 0.1) is 17.6 Å². The van der Waals surface area contributed by atoms with Crippen LogP contribution in [0.2, 0.25) is 0 Å². The highest BCUT2D eigenvalue weighted by Crippen LogP contribution is 2.31. The lowest BCUT2D eigenvalue weighted by molar-refractivity contribution is 1.08. The second kappa shape index (κ2) is 7.01. The van der Waals surface area contributed by atoms with Gasteiger partial charge in [-0.05, 0) is 41.5 Å². The first-order valence-electron chi connectivity index (χ1n) is 8.48. The Morgan fingerprint density at radius 2 is 1.54 bits per heavy atom. The van der Waals surface area contributed by atoms with E-state index in [0.29, 0.717) is 5.56 Å². The molecule has 1 heterocycles. The third kappa shape index (κ3) is 3.09. The predicted molar refractivity (Wildman–Crippen MR) is 105 cm³/mol. The third-order valence-corrected chi connectivity index (χ3v) is 4.42. The van der Waals surface area contributed by atoms with Crippen molar-refractivity contribution in [3.05, 3.63) is 107 Å². The molecule has 0 aliphatic heterocycles. The van der Waals surface area contributed by atoms with Gasteiger partial charge in [-0.2, -0.15) is 5.26 Å². The molecule has 1 unspecified atom stereocenters. The standard InChI is InChI=1S/C24H16N2/c25-16-19-12-14-24-22(15-19)23(17-26-24)21(20-9-5-2-6-10-20)13-11-18-7-3-1-4-8-18/h1-10,12,14-15,17,21,26H. The number of nitrogens with zero attached hydrogens (tertiary/aromatic N) is 1. The van der Waals surface area contributed by atoms with Crippen molar-refractivity contribution in [1.82, 2.24) is 4.98 Å². The fraction of sp³-hybridized carbons (Fsp3) is 0.0417. The topological polar surface area (TPSA) is 39.6 Å². The van der Waals surface area contributed by atoms with Gasteiger partial charge in [-0.15, -0.1) is 0 Å². The Bertz CT molecular complexity index is 1140. The monoisotopic (exact) mass is 332 g/mol. The van der Waals surface area contributed by atoms with E-state index in [1.165, 1.54) is 0 Å². The first-order chi connectivity index (χ1) is 12.8. The molecule has 2 heteroatoms. The number of nitrogens with one attached hydrogen (secondary N) is 1. The van der Waals surface area contributed by atoms with Gasteiger partial charge in [0.2, 0.25) is 0 Å². The molecule has 26 heavy (non-hydrogen) atoms. The number of hydrogen-bond donors (Lipinski definition) is 1. The van der Waals surface area contributed by atoms with Crippen LogP contribution in [0.3, 0.4) is 0 Å². The summed E-state index contributed by atoms with van der Waals surface area (Å²) in [6.07, 6.45) is 2.00. The molecule has 0 saturated carbocycles. The molecule has 0 saturated heterocycles. The van der Waals surface area contributed by atoms with Crippen molar-refractivity contribution in [1.29, 1.82) is 5.26 Å². The van der Waals surface area contributed by atoms with Crippen LogP contribution in [0.15, 0.2) is 85.1 Å². The largest absolute Gasteiger partial charge is 0.361 e. The maximum atomic E-state index is 9.24. The van der Waals surface area contributed by atoms with E-state index >= 15 is 0 Å². The fourth-order valence-electron chi connectivity index (χ4n) is 3.11. The van der Waals surface area contributed by atoms with Gasteiger partial charge in [-0.3, -0.25) is 0 Å². The Labute approximate surface area is 152 Å². The summed E-state index contributed by atoms with van der Waals surface area (Å²) in [5.74, 6) is 6.66. The van der Waals surface area contributed by atoms with Gasteiger partial charge in [0.15, 0.2) is 0 Å². The molecule has 0 aliphatic carbocycles. The lowest BCUT2D eigenvalue weighted by Crippen LogP contribution is -1.97. The average Bonchev–Trinajstić information content (AvgIpc) is 3.13. The number of H-pyrrole nitrogens is 1. The molecule has 1 atom stereocenters. The molecule has 4 aromatic rings. The van der Waals surface area contributed by atoms with Crippen molar-refractivity contribution in [3.63, 3.8) is 0 Å². The number of hydrogen-bond acceptors (Lipinski definition) is 1. The summed E-state index contributed by atoms with van der Waals surface area (Å²) in [5, 5.41) is 10.3. The highest BCUT2D eigenvalue weighted by atomic mass is 14.7. The van der Waals surface area contributed by atoms with E-state index in [1.54, 1.807) is 0 Å². The van der Waals surface area contributed by atoms with Crippen molar-refractivity contribution in [2.45, 2.75) is 5.92 Å². The minimum atomic E-state index is -0.0703. The number of fused-ring (bicyclic) bond motifs is 1. The molecule has 3 aromatic carbocycles. The zero-order valence-electron chi connectivity index (χ0n) is 14.1. The number of benzene rings is 3. The van der Waals surface area contributed by atoms with Crippen LogP contribution in [0.5, 0.6) is 0 Å². The molecule has 0 aliphatic rings. The summed E-state index contributed by atoms with van der Waals surface area (Å²) in [6, 6.07) is 28.2. The highest BCUT2D eigenvalue weighted by Gasteiger charge is 2.16. The van der Waals surface area contributed by atoms with Gasteiger partial charge in [0.25, 0.3) is 0 Å². The third-order valence-electron chi connectivity index (χ3n) is 4.42. The number of aromatic amines is 1. The molecule has 2 nitrogen and oxygen atoms in total. The fourth-order valence-corrected chi connectivity index (χ4v) is 3.11. The normalized spacial score (nSPS) is 11.3. The second-order valence-corrected chi connectivity index (χ2v) is 6.10. The Morgan fingerprint density at radius 1 is 0.808 bits per heavy atom. The molecule has 1 aromatic heterocycles. The minimum Gasteiger partial charge on any atom is -0.361 e.